The minimum atomic E-state index is -0.615. The highest BCUT2D eigenvalue weighted by molar-refractivity contribution is 14.2. The first-order chi connectivity index (χ1) is 15.1. The highest BCUT2D eigenvalue weighted by Gasteiger charge is 2.26. The zero-order chi connectivity index (χ0) is 23.5. The fourth-order valence-corrected chi connectivity index (χ4v) is 4.30. The number of anilines is 1. The number of nitrogens with one attached hydrogen (secondary N) is 1. The maximum absolute atomic E-state index is 14.6. The van der Waals surface area contributed by atoms with Gasteiger partial charge in [0.25, 0.3) is 0 Å². The van der Waals surface area contributed by atoms with Gasteiger partial charge in [0, 0.05) is 59.6 Å². The van der Waals surface area contributed by atoms with Crippen LogP contribution >= 0.6 is 30.3 Å². The maximum atomic E-state index is 14.6. The number of carbonyl (C=O) groups is 1. The zero-order valence-corrected chi connectivity index (χ0v) is 20.9. The van der Waals surface area contributed by atoms with E-state index in [2.05, 4.69) is 46.2 Å². The van der Waals surface area contributed by atoms with Gasteiger partial charge in [-0.15, -0.1) is 0 Å². The highest BCUT2D eigenvalue weighted by Crippen LogP contribution is 2.33. The molecule has 0 saturated heterocycles. The van der Waals surface area contributed by atoms with E-state index < -0.39 is 17.6 Å². The largest absolute Gasteiger partial charge is 0.466 e. The Hall–Kier alpha value is -2.28. The molecule has 11 heteroatoms. The topological polar surface area (TPSA) is 81.9 Å². The van der Waals surface area contributed by atoms with E-state index in [-0.39, 0.29) is 23.1 Å². The fraction of sp³-hybridized carbons (Fsp3) is 0.333. The molecular formula is C21H22F2IN5O2S. The molecule has 3 aromatic heterocycles. The van der Waals surface area contributed by atoms with Crippen molar-refractivity contribution < 1.29 is 18.3 Å². The van der Waals surface area contributed by atoms with Gasteiger partial charge in [-0.05, 0) is 17.9 Å². The second kappa shape index (κ2) is 10.1. The van der Waals surface area contributed by atoms with E-state index >= 15 is 0 Å². The van der Waals surface area contributed by atoms with Gasteiger partial charge in [0.05, 0.1) is 19.5 Å². The van der Waals surface area contributed by atoms with Crippen LogP contribution in [0.25, 0.3) is 22.4 Å². The van der Waals surface area contributed by atoms with Crippen LogP contribution < -0.4 is 5.32 Å². The molecule has 1 atom stereocenters. The Bertz CT molecular complexity index is 1160. The maximum Gasteiger partial charge on any atom is 0.330 e. The van der Waals surface area contributed by atoms with E-state index in [1.54, 1.807) is 16.2 Å². The van der Waals surface area contributed by atoms with Crippen LogP contribution in [0.4, 0.5) is 14.6 Å². The number of fused-ring (bicyclic) bond motifs is 1. The molecule has 170 valence electrons. The number of hydrogen-bond acceptors (Lipinski definition) is 7. The first-order valence-electron chi connectivity index (χ1n) is 9.63. The lowest BCUT2D eigenvalue weighted by atomic mass is 9.84. The molecule has 32 heavy (non-hydrogen) atoms. The van der Waals surface area contributed by atoms with E-state index in [1.807, 2.05) is 20.8 Å². The van der Waals surface area contributed by atoms with Gasteiger partial charge in [-0.1, -0.05) is 26.8 Å². The molecule has 0 aliphatic rings. The third-order valence-electron chi connectivity index (χ3n) is 4.82. The molecule has 0 aliphatic heterocycles. The Morgan fingerprint density at radius 1 is 1.34 bits per heavy atom. The molecule has 3 rings (SSSR count). The van der Waals surface area contributed by atoms with Crippen molar-refractivity contribution in [2.24, 2.45) is 5.41 Å². The number of esters is 1. The van der Waals surface area contributed by atoms with Crippen molar-refractivity contribution in [3.63, 3.8) is 0 Å². The third kappa shape index (κ3) is 5.55. The van der Waals surface area contributed by atoms with E-state index in [4.69, 9.17) is 0 Å². The summed E-state index contributed by atoms with van der Waals surface area (Å²) in [6.07, 6.45) is 7.42. The van der Waals surface area contributed by atoms with Gasteiger partial charge < -0.3 is 10.1 Å². The number of ether oxygens (including phenoxy) is 1. The number of hydrogen-bond donors (Lipinski definition) is 1. The second-order valence-electron chi connectivity index (χ2n) is 8.08. The molecular weight excluding hydrogens is 551 g/mol. The number of carbonyl (C=O) groups excluding carboxylic acids is 1. The predicted molar refractivity (Wildman–Crippen MR) is 130 cm³/mol. The molecule has 1 N–H and O–H groups in total. The molecule has 1 unspecified atom stereocenters. The first-order valence-corrected chi connectivity index (χ1v) is 12.9. The average Bonchev–Trinajstić information content (AvgIpc) is 3.11. The van der Waals surface area contributed by atoms with Crippen molar-refractivity contribution in [2.75, 3.05) is 12.4 Å². The van der Waals surface area contributed by atoms with E-state index in [0.29, 0.717) is 23.0 Å². The van der Waals surface area contributed by atoms with Gasteiger partial charge in [-0.25, -0.2) is 28.5 Å². The Balaban J connectivity index is 1.98. The molecule has 0 saturated carbocycles. The van der Waals surface area contributed by atoms with Gasteiger partial charge >= 0.3 is 5.97 Å². The van der Waals surface area contributed by atoms with Crippen LogP contribution in [0.15, 0.2) is 36.8 Å². The standard InChI is InChI=1S/C21H22F2IN5O2S/c1-21(2,3)16(6-5-7-17(30)31-4)27-19-15(23)10-25-18(28-19)14-11-29(32-24)20-13(14)8-12(22)9-26-20/h5,7-11,16H,6H2,1-4H3,(H,25,27,28)/b7-5+. The van der Waals surface area contributed by atoms with Crippen LogP contribution in [-0.4, -0.2) is 38.0 Å². The lowest BCUT2D eigenvalue weighted by Gasteiger charge is -2.31. The predicted octanol–water partition coefficient (Wildman–Crippen LogP) is 5.56. The Morgan fingerprint density at radius 2 is 2.09 bits per heavy atom. The fourth-order valence-electron chi connectivity index (χ4n) is 3.05. The molecule has 0 fully saturated rings. The molecule has 3 heterocycles. The zero-order valence-electron chi connectivity index (χ0n) is 17.9. The van der Waals surface area contributed by atoms with E-state index in [1.165, 1.54) is 28.4 Å². The van der Waals surface area contributed by atoms with Gasteiger partial charge in [0.1, 0.15) is 5.82 Å². The third-order valence-corrected chi connectivity index (χ3v) is 6.52. The van der Waals surface area contributed by atoms with Crippen molar-refractivity contribution in [1.29, 1.82) is 0 Å². The minimum Gasteiger partial charge on any atom is -0.466 e. The summed E-state index contributed by atoms with van der Waals surface area (Å²) >= 11 is 2.09. The van der Waals surface area contributed by atoms with E-state index in [9.17, 15) is 13.6 Å². The summed E-state index contributed by atoms with van der Waals surface area (Å²) in [5, 5.41) is 3.66. The van der Waals surface area contributed by atoms with Crippen LogP contribution in [0.2, 0.25) is 0 Å². The molecule has 7 nitrogen and oxygen atoms in total. The molecule has 0 spiro atoms. The van der Waals surface area contributed by atoms with Crippen LogP contribution in [0.3, 0.4) is 0 Å². The Labute approximate surface area is 200 Å². The van der Waals surface area contributed by atoms with Gasteiger partial charge in [0.2, 0.25) is 0 Å². The van der Waals surface area contributed by atoms with Crippen molar-refractivity contribution in [2.45, 2.75) is 33.2 Å². The van der Waals surface area contributed by atoms with Crippen LogP contribution in [0, 0.1) is 17.0 Å². The number of rotatable bonds is 7. The van der Waals surface area contributed by atoms with Crippen LogP contribution in [-0.2, 0) is 9.53 Å². The highest BCUT2D eigenvalue weighted by atomic mass is 127. The lowest BCUT2D eigenvalue weighted by Crippen LogP contribution is -2.34. The monoisotopic (exact) mass is 573 g/mol. The van der Waals surface area contributed by atoms with Gasteiger partial charge in [0.15, 0.2) is 23.1 Å². The molecule has 0 aromatic carbocycles. The van der Waals surface area contributed by atoms with Gasteiger partial charge in [-0.2, -0.15) is 0 Å². The van der Waals surface area contributed by atoms with Crippen molar-refractivity contribution >= 4 is 53.1 Å². The molecule has 0 bridgehead atoms. The Kier molecular flexibility index (Phi) is 7.70. The van der Waals surface area contributed by atoms with Crippen molar-refractivity contribution in [3.05, 3.63) is 48.4 Å². The number of aromatic nitrogens is 4. The smallest absolute Gasteiger partial charge is 0.330 e. The average molecular weight is 573 g/mol. The summed E-state index contributed by atoms with van der Waals surface area (Å²) in [6, 6.07) is 1.11. The Morgan fingerprint density at radius 3 is 2.75 bits per heavy atom. The van der Waals surface area contributed by atoms with E-state index in [0.717, 1.165) is 12.4 Å². The molecule has 0 aliphatic carbocycles. The quantitative estimate of drug-likeness (QED) is 0.225. The SMILES string of the molecule is COC(=O)/C=C/CC(Nc1nc(-c2cn(SI)c3ncc(F)cc23)ncc1F)C(C)(C)C. The summed E-state index contributed by atoms with van der Waals surface area (Å²) in [6.45, 7) is 5.99. The first kappa shape index (κ1) is 24.4. The summed E-state index contributed by atoms with van der Waals surface area (Å²) in [7, 11) is 2.67. The van der Waals surface area contributed by atoms with Crippen LogP contribution in [0.1, 0.15) is 27.2 Å². The molecule has 0 amide bonds. The van der Waals surface area contributed by atoms with Crippen LogP contribution in [0.5, 0.6) is 0 Å². The van der Waals surface area contributed by atoms with Gasteiger partial charge in [-0.3, -0.25) is 3.97 Å². The number of nitrogens with zero attached hydrogens (tertiary/aromatic N) is 4. The van der Waals surface area contributed by atoms with Crippen molar-refractivity contribution in [3.8, 4) is 11.4 Å². The molecule has 0 radical (unpaired) electrons. The number of pyridine rings is 1. The summed E-state index contributed by atoms with van der Waals surface area (Å²) < 4.78 is 34.9. The van der Waals surface area contributed by atoms with Crippen molar-refractivity contribution in [1.82, 2.24) is 18.9 Å². The molecule has 3 aromatic rings. The second-order valence-corrected chi connectivity index (χ2v) is 9.79. The number of methoxy groups -OCH3 is 1. The lowest BCUT2D eigenvalue weighted by molar-refractivity contribution is -0.134. The summed E-state index contributed by atoms with van der Waals surface area (Å²) in [5.41, 5.74) is 0.819. The summed E-state index contributed by atoms with van der Waals surface area (Å²) in [5.74, 6) is -1.29. The number of halogens is 3. The minimum absolute atomic E-state index is 0.0220. The summed E-state index contributed by atoms with van der Waals surface area (Å²) in [4.78, 5) is 24.0. The normalized spacial score (nSPS) is 13.0.